The van der Waals surface area contributed by atoms with Crippen LogP contribution in [0.3, 0.4) is 0 Å². The van der Waals surface area contributed by atoms with Crippen LogP contribution in [0.25, 0.3) is 10.8 Å². The predicted octanol–water partition coefficient (Wildman–Crippen LogP) is 3.92. The molecule has 2 heterocycles. The smallest absolute Gasteiger partial charge is 0.237 e. The molecule has 0 radical (unpaired) electrons. The first kappa shape index (κ1) is 23.9. The number of rotatable bonds is 10. The van der Waals surface area contributed by atoms with E-state index in [9.17, 15) is 9.59 Å². The van der Waals surface area contributed by atoms with Gasteiger partial charge in [-0.05, 0) is 74.7 Å². The molecule has 1 fully saturated rings. The average Bonchev–Trinajstić information content (AvgIpc) is 3.38. The molecule has 2 atom stereocenters. The third-order valence-corrected chi connectivity index (χ3v) is 6.79. The number of nitrogens with two attached hydrogens (primary N) is 1. The number of ketones is 1. The molecule has 3 N–H and O–H groups in total. The van der Waals surface area contributed by atoms with E-state index in [1.54, 1.807) is 13.1 Å². The number of anilines is 1. The second-order valence-electron chi connectivity index (χ2n) is 9.23. The Morgan fingerprint density at radius 2 is 1.79 bits per heavy atom. The number of carbonyl (C=O) groups is 2. The van der Waals surface area contributed by atoms with Crippen molar-refractivity contribution >= 4 is 28.3 Å². The fraction of sp³-hybridized carbons (Fsp3) is 0.393. The second kappa shape index (κ2) is 11.3. The largest absolute Gasteiger partial charge is 0.383 e. The van der Waals surface area contributed by atoms with E-state index in [0.29, 0.717) is 18.7 Å². The lowest BCUT2D eigenvalue weighted by Gasteiger charge is -2.28. The lowest BCUT2D eigenvalue weighted by atomic mass is 10.0. The number of amides is 1. The number of hydrogen-bond donors (Lipinski definition) is 2. The molecular formula is C28H34N4O2. The van der Waals surface area contributed by atoms with Crippen molar-refractivity contribution < 1.29 is 9.59 Å². The summed E-state index contributed by atoms with van der Waals surface area (Å²) in [5, 5.41) is 4.95. The van der Waals surface area contributed by atoms with Crippen molar-refractivity contribution in [1.82, 2.24) is 15.2 Å². The first-order chi connectivity index (χ1) is 16.5. The Labute approximate surface area is 201 Å². The maximum Gasteiger partial charge on any atom is 0.237 e. The van der Waals surface area contributed by atoms with E-state index < -0.39 is 6.04 Å². The number of nitrogen functional groups attached to an aromatic ring is 1. The number of benzene rings is 2. The molecule has 0 aliphatic carbocycles. The topological polar surface area (TPSA) is 88.3 Å². The number of Topliss-reactive ketones (excluding diaryl/α,β-unsaturated/α-hetero) is 1. The summed E-state index contributed by atoms with van der Waals surface area (Å²) in [6.45, 7) is 3.68. The van der Waals surface area contributed by atoms with Gasteiger partial charge < -0.3 is 11.1 Å². The fourth-order valence-electron chi connectivity index (χ4n) is 4.76. The van der Waals surface area contributed by atoms with Crippen LogP contribution in [0.5, 0.6) is 0 Å². The number of nitrogens with one attached hydrogen (secondary N) is 1. The highest BCUT2D eigenvalue weighted by atomic mass is 16.2. The Hall–Kier alpha value is -3.25. The third kappa shape index (κ3) is 6.00. The molecule has 6 heteroatoms. The van der Waals surface area contributed by atoms with Crippen LogP contribution < -0.4 is 11.1 Å². The van der Waals surface area contributed by atoms with Crippen LogP contribution in [0, 0.1) is 0 Å². The number of hydrogen-bond acceptors (Lipinski definition) is 5. The fourth-order valence-corrected chi connectivity index (χ4v) is 4.76. The first-order valence-corrected chi connectivity index (χ1v) is 12.3. The second-order valence-corrected chi connectivity index (χ2v) is 9.23. The summed E-state index contributed by atoms with van der Waals surface area (Å²) in [7, 11) is 0. The standard InChI is InChI=1S/C28H34N4O2/c1-20(26(33)14-11-22-9-12-24-23(19-22)15-16-30-27(24)29)31-28(34)25(32-17-5-6-18-32)13-10-21-7-3-2-4-8-21/h2-4,7-9,12,15-16,19-20,25H,5-6,10-11,13-14,17-18H2,1H3,(H2,29,30)(H,31,34)/t20-,25+/m0/s1. The molecule has 1 amide bonds. The highest BCUT2D eigenvalue weighted by molar-refractivity contribution is 5.92. The van der Waals surface area contributed by atoms with E-state index in [1.165, 1.54) is 5.56 Å². The molecule has 6 nitrogen and oxygen atoms in total. The molecule has 0 spiro atoms. The van der Waals surface area contributed by atoms with Crippen molar-refractivity contribution in [3.63, 3.8) is 0 Å². The van der Waals surface area contributed by atoms with E-state index in [0.717, 1.165) is 55.1 Å². The van der Waals surface area contributed by atoms with Gasteiger partial charge in [0.2, 0.25) is 5.91 Å². The van der Waals surface area contributed by atoms with Gasteiger partial charge in [0.15, 0.2) is 5.78 Å². The van der Waals surface area contributed by atoms with Crippen molar-refractivity contribution in [2.75, 3.05) is 18.8 Å². The van der Waals surface area contributed by atoms with E-state index in [-0.39, 0.29) is 17.7 Å². The molecular weight excluding hydrogens is 424 g/mol. The molecule has 178 valence electrons. The molecule has 34 heavy (non-hydrogen) atoms. The number of pyridine rings is 1. The van der Waals surface area contributed by atoms with Gasteiger partial charge in [-0.2, -0.15) is 0 Å². The quantitative estimate of drug-likeness (QED) is 0.481. The Morgan fingerprint density at radius 1 is 1.03 bits per heavy atom. The van der Waals surface area contributed by atoms with Crippen molar-refractivity contribution in [2.24, 2.45) is 0 Å². The summed E-state index contributed by atoms with van der Waals surface area (Å²) in [6.07, 6.45) is 6.55. The van der Waals surface area contributed by atoms with Crippen LogP contribution in [0.4, 0.5) is 5.82 Å². The number of likely N-dealkylation sites (tertiary alicyclic amines) is 1. The van der Waals surface area contributed by atoms with Crippen LogP contribution in [0.15, 0.2) is 60.8 Å². The van der Waals surface area contributed by atoms with Gasteiger partial charge in [-0.25, -0.2) is 4.98 Å². The number of aromatic nitrogens is 1. The Kier molecular flexibility index (Phi) is 7.91. The molecule has 0 saturated carbocycles. The van der Waals surface area contributed by atoms with Crippen molar-refractivity contribution in [2.45, 2.75) is 57.5 Å². The zero-order chi connectivity index (χ0) is 23.9. The summed E-state index contributed by atoms with van der Waals surface area (Å²) in [5.41, 5.74) is 8.23. The van der Waals surface area contributed by atoms with E-state index in [4.69, 9.17) is 5.73 Å². The summed E-state index contributed by atoms with van der Waals surface area (Å²) in [4.78, 5) is 32.4. The predicted molar refractivity (Wildman–Crippen MR) is 136 cm³/mol. The Bertz CT molecular complexity index is 1130. The van der Waals surface area contributed by atoms with Gasteiger partial charge in [-0.1, -0.05) is 48.5 Å². The van der Waals surface area contributed by atoms with Crippen LogP contribution in [-0.2, 0) is 22.4 Å². The van der Waals surface area contributed by atoms with Crippen LogP contribution in [0.1, 0.15) is 43.7 Å². The van der Waals surface area contributed by atoms with Crippen LogP contribution >= 0.6 is 0 Å². The van der Waals surface area contributed by atoms with Crippen molar-refractivity contribution in [3.05, 3.63) is 71.9 Å². The lowest BCUT2D eigenvalue weighted by molar-refractivity contribution is -0.130. The van der Waals surface area contributed by atoms with E-state index in [2.05, 4.69) is 33.4 Å². The summed E-state index contributed by atoms with van der Waals surface area (Å²) in [6, 6.07) is 17.5. The number of nitrogens with zero attached hydrogens (tertiary/aromatic N) is 2. The Morgan fingerprint density at radius 3 is 2.56 bits per heavy atom. The maximum absolute atomic E-state index is 13.2. The minimum absolute atomic E-state index is 0.0349. The first-order valence-electron chi connectivity index (χ1n) is 12.3. The number of aryl methyl sites for hydroxylation is 2. The summed E-state index contributed by atoms with van der Waals surface area (Å²) in [5.74, 6) is 0.523. The van der Waals surface area contributed by atoms with Crippen LogP contribution in [-0.4, -0.2) is 46.7 Å². The minimum Gasteiger partial charge on any atom is -0.383 e. The molecule has 1 saturated heterocycles. The normalized spacial score (nSPS) is 15.8. The highest BCUT2D eigenvalue weighted by Gasteiger charge is 2.29. The molecule has 1 aliphatic heterocycles. The molecule has 1 aliphatic rings. The average molecular weight is 459 g/mol. The summed E-state index contributed by atoms with van der Waals surface area (Å²) >= 11 is 0. The third-order valence-electron chi connectivity index (χ3n) is 6.79. The highest BCUT2D eigenvalue weighted by Crippen LogP contribution is 2.21. The zero-order valence-electron chi connectivity index (χ0n) is 19.9. The maximum atomic E-state index is 13.2. The zero-order valence-corrected chi connectivity index (χ0v) is 19.9. The van der Waals surface area contributed by atoms with E-state index >= 15 is 0 Å². The number of fused-ring (bicyclic) bond motifs is 1. The van der Waals surface area contributed by atoms with Gasteiger partial charge in [0.25, 0.3) is 0 Å². The van der Waals surface area contributed by atoms with Gasteiger partial charge in [0.05, 0.1) is 12.1 Å². The molecule has 0 bridgehead atoms. The van der Waals surface area contributed by atoms with Gasteiger partial charge in [0.1, 0.15) is 5.82 Å². The Balaban J connectivity index is 1.33. The van der Waals surface area contributed by atoms with Crippen molar-refractivity contribution in [1.29, 1.82) is 0 Å². The molecule has 2 aromatic carbocycles. The van der Waals surface area contributed by atoms with Gasteiger partial charge in [0, 0.05) is 18.0 Å². The molecule has 3 aromatic rings. The summed E-state index contributed by atoms with van der Waals surface area (Å²) < 4.78 is 0. The lowest BCUT2D eigenvalue weighted by Crippen LogP contribution is -2.50. The molecule has 1 aromatic heterocycles. The van der Waals surface area contributed by atoms with Gasteiger partial charge in [-0.15, -0.1) is 0 Å². The van der Waals surface area contributed by atoms with Gasteiger partial charge >= 0.3 is 0 Å². The molecule has 4 rings (SSSR count). The monoisotopic (exact) mass is 458 g/mol. The van der Waals surface area contributed by atoms with Gasteiger partial charge in [-0.3, -0.25) is 14.5 Å². The van der Waals surface area contributed by atoms with E-state index in [1.807, 2.05) is 36.4 Å². The van der Waals surface area contributed by atoms with Crippen LogP contribution in [0.2, 0.25) is 0 Å². The SMILES string of the molecule is C[C@H](NC(=O)[C@@H](CCc1ccccc1)N1CCCC1)C(=O)CCc1ccc2c(N)nccc2c1. The van der Waals surface area contributed by atoms with Crippen molar-refractivity contribution in [3.8, 4) is 0 Å². The molecule has 0 unspecified atom stereocenters. The number of carbonyl (C=O) groups excluding carboxylic acids is 2. The minimum atomic E-state index is -0.505.